The highest BCUT2D eigenvalue weighted by molar-refractivity contribution is 5.86. The molecule has 108 valence electrons. The highest BCUT2D eigenvalue weighted by atomic mass is 16.5. The third-order valence-electron chi connectivity index (χ3n) is 2.52. The number of carbonyl (C=O) groups excluding carboxylic acids is 1. The highest BCUT2D eigenvalue weighted by Gasteiger charge is 2.09. The van der Waals surface area contributed by atoms with Crippen LogP contribution in [0.2, 0.25) is 0 Å². The molecule has 1 aromatic rings. The molecule has 0 aromatic heterocycles. The first-order valence-electron chi connectivity index (χ1n) is 6.32. The Bertz CT molecular complexity index is 479. The van der Waals surface area contributed by atoms with Crippen molar-refractivity contribution in [3.63, 3.8) is 0 Å². The van der Waals surface area contributed by atoms with Gasteiger partial charge in [-0.25, -0.2) is 4.79 Å². The van der Waals surface area contributed by atoms with E-state index in [4.69, 9.17) is 9.47 Å². The molecule has 1 N–H and O–H groups in total. The van der Waals surface area contributed by atoms with E-state index in [1.165, 1.54) is 0 Å². The van der Waals surface area contributed by atoms with Crippen molar-refractivity contribution < 1.29 is 19.4 Å². The van der Waals surface area contributed by atoms with Gasteiger partial charge in [-0.2, -0.15) is 0 Å². The fourth-order valence-electron chi connectivity index (χ4n) is 1.47. The number of benzene rings is 1. The van der Waals surface area contributed by atoms with Crippen molar-refractivity contribution in [3.8, 4) is 0 Å². The van der Waals surface area contributed by atoms with Crippen molar-refractivity contribution in [1.82, 2.24) is 0 Å². The molecule has 4 heteroatoms. The third-order valence-corrected chi connectivity index (χ3v) is 2.52. The molecule has 0 radical (unpaired) electrons. The minimum Gasteiger partial charge on any atom is -0.460 e. The van der Waals surface area contributed by atoms with Gasteiger partial charge in [0.1, 0.15) is 12.7 Å². The second-order valence-electron chi connectivity index (χ2n) is 4.50. The summed E-state index contributed by atoms with van der Waals surface area (Å²) in [5.41, 5.74) is 2.31. The van der Waals surface area contributed by atoms with Crippen LogP contribution in [0.15, 0.2) is 43.0 Å². The Morgan fingerprint density at radius 3 is 2.85 bits per heavy atom. The Labute approximate surface area is 119 Å². The summed E-state index contributed by atoms with van der Waals surface area (Å²) in [5, 5.41) is 9.61. The molecule has 20 heavy (non-hydrogen) atoms. The maximum atomic E-state index is 11.1. The quantitative estimate of drug-likeness (QED) is 0.585. The molecular formula is C16H20O4. The average Bonchev–Trinajstić information content (AvgIpc) is 2.44. The van der Waals surface area contributed by atoms with Gasteiger partial charge in [-0.3, -0.25) is 0 Å². The van der Waals surface area contributed by atoms with Crippen molar-refractivity contribution in [2.75, 3.05) is 13.2 Å². The van der Waals surface area contributed by atoms with Crippen LogP contribution >= 0.6 is 0 Å². The summed E-state index contributed by atoms with van der Waals surface area (Å²) < 4.78 is 10.2. The van der Waals surface area contributed by atoms with Crippen LogP contribution < -0.4 is 0 Å². The number of ether oxygens (including phenoxy) is 2. The van der Waals surface area contributed by atoms with Gasteiger partial charge in [0, 0.05) is 5.57 Å². The van der Waals surface area contributed by atoms with Gasteiger partial charge in [0.25, 0.3) is 0 Å². The minimum atomic E-state index is -0.846. The van der Waals surface area contributed by atoms with Crippen LogP contribution in [0.3, 0.4) is 0 Å². The molecule has 1 aromatic carbocycles. The molecule has 0 amide bonds. The Hall–Kier alpha value is -1.91. The molecule has 0 heterocycles. The molecule has 1 atom stereocenters. The molecule has 1 unspecified atom stereocenters. The van der Waals surface area contributed by atoms with Gasteiger partial charge in [0.05, 0.1) is 13.2 Å². The van der Waals surface area contributed by atoms with Crippen LogP contribution in [-0.4, -0.2) is 30.4 Å². The van der Waals surface area contributed by atoms with Crippen LogP contribution in [-0.2, 0) is 20.9 Å². The summed E-state index contributed by atoms with van der Waals surface area (Å²) in [4.78, 5) is 11.1. The van der Waals surface area contributed by atoms with Crippen LogP contribution in [0.4, 0.5) is 0 Å². The predicted molar refractivity (Wildman–Crippen MR) is 78.0 cm³/mol. The summed E-state index contributed by atoms with van der Waals surface area (Å²) in [6, 6.07) is 7.75. The van der Waals surface area contributed by atoms with E-state index in [2.05, 4.69) is 13.2 Å². The van der Waals surface area contributed by atoms with E-state index in [-0.39, 0.29) is 13.2 Å². The first-order valence-corrected chi connectivity index (χ1v) is 6.32. The summed E-state index contributed by atoms with van der Waals surface area (Å²) in [6.07, 6.45) is 0.913. The van der Waals surface area contributed by atoms with Crippen molar-refractivity contribution in [2.24, 2.45) is 0 Å². The summed E-state index contributed by atoms with van der Waals surface area (Å²) in [5.74, 6) is -0.511. The van der Waals surface area contributed by atoms with E-state index in [9.17, 15) is 9.90 Å². The first kappa shape index (κ1) is 16.1. The zero-order valence-corrected chi connectivity index (χ0v) is 11.7. The van der Waals surface area contributed by atoms with Gasteiger partial charge < -0.3 is 14.6 Å². The van der Waals surface area contributed by atoms with Crippen molar-refractivity contribution in [3.05, 3.63) is 54.1 Å². The molecule has 0 saturated heterocycles. The predicted octanol–water partition coefficient (Wildman–Crippen LogP) is 2.33. The minimum absolute atomic E-state index is 0.0988. The maximum absolute atomic E-state index is 11.1. The molecule has 4 nitrogen and oxygen atoms in total. The molecule has 0 spiro atoms. The van der Waals surface area contributed by atoms with Gasteiger partial charge >= 0.3 is 5.97 Å². The number of carbonyl (C=O) groups is 1. The molecule has 0 saturated carbocycles. The molecule has 0 aliphatic heterocycles. The van der Waals surface area contributed by atoms with Gasteiger partial charge in [-0.15, -0.1) is 0 Å². The van der Waals surface area contributed by atoms with Gasteiger partial charge in [-0.1, -0.05) is 37.4 Å². The lowest BCUT2D eigenvalue weighted by Crippen LogP contribution is -2.23. The smallest absolute Gasteiger partial charge is 0.333 e. The number of aliphatic hydroxyl groups excluding tert-OH is 1. The fourth-order valence-corrected chi connectivity index (χ4v) is 1.47. The van der Waals surface area contributed by atoms with Gasteiger partial charge in [0.2, 0.25) is 0 Å². The molecule has 0 aliphatic carbocycles. The lowest BCUT2D eigenvalue weighted by atomic mass is 10.1. The topological polar surface area (TPSA) is 55.8 Å². The number of hydrogen-bond acceptors (Lipinski definition) is 4. The third kappa shape index (κ3) is 5.82. The van der Waals surface area contributed by atoms with E-state index in [1.807, 2.05) is 24.3 Å². The second-order valence-corrected chi connectivity index (χ2v) is 4.50. The number of esters is 1. The van der Waals surface area contributed by atoms with Gasteiger partial charge in [0.15, 0.2) is 0 Å². The Kier molecular flexibility index (Phi) is 6.70. The Morgan fingerprint density at radius 2 is 2.20 bits per heavy atom. The van der Waals surface area contributed by atoms with Crippen molar-refractivity contribution in [2.45, 2.75) is 19.6 Å². The SMILES string of the molecule is C=Cc1cccc(COCC(O)COC(=O)C(=C)C)c1. The maximum Gasteiger partial charge on any atom is 0.333 e. The number of aliphatic hydroxyl groups is 1. The highest BCUT2D eigenvalue weighted by Crippen LogP contribution is 2.08. The molecule has 1 rings (SSSR count). The monoisotopic (exact) mass is 276 g/mol. The average molecular weight is 276 g/mol. The van der Waals surface area contributed by atoms with E-state index >= 15 is 0 Å². The molecule has 0 fully saturated rings. The molecule has 0 aliphatic rings. The van der Waals surface area contributed by atoms with E-state index in [0.717, 1.165) is 11.1 Å². The number of rotatable bonds is 8. The Morgan fingerprint density at radius 1 is 1.45 bits per heavy atom. The van der Waals surface area contributed by atoms with E-state index < -0.39 is 12.1 Å². The fraction of sp³-hybridized carbons (Fsp3) is 0.312. The molecular weight excluding hydrogens is 256 g/mol. The standard InChI is InChI=1S/C16H20O4/c1-4-13-6-5-7-14(8-13)9-19-10-15(17)11-20-16(18)12(2)3/h4-8,15,17H,1-2,9-11H2,3H3. The summed E-state index contributed by atoms with van der Waals surface area (Å²) >= 11 is 0. The largest absolute Gasteiger partial charge is 0.460 e. The van der Waals surface area contributed by atoms with Crippen molar-refractivity contribution >= 4 is 12.0 Å². The van der Waals surface area contributed by atoms with Crippen molar-refractivity contribution in [1.29, 1.82) is 0 Å². The van der Waals surface area contributed by atoms with Crippen LogP contribution in [0.25, 0.3) is 6.08 Å². The van der Waals surface area contributed by atoms with E-state index in [1.54, 1.807) is 13.0 Å². The number of hydrogen-bond donors (Lipinski definition) is 1. The lowest BCUT2D eigenvalue weighted by molar-refractivity contribution is -0.143. The molecule has 0 bridgehead atoms. The zero-order valence-electron chi connectivity index (χ0n) is 11.7. The van der Waals surface area contributed by atoms with Crippen LogP contribution in [0.1, 0.15) is 18.1 Å². The lowest BCUT2D eigenvalue weighted by Gasteiger charge is -2.12. The summed E-state index contributed by atoms with van der Waals surface area (Å²) in [7, 11) is 0. The Balaban J connectivity index is 2.27. The summed E-state index contributed by atoms with van der Waals surface area (Å²) in [6.45, 7) is 9.09. The normalized spacial score (nSPS) is 11.7. The second kappa shape index (κ2) is 8.30. The van der Waals surface area contributed by atoms with E-state index in [0.29, 0.717) is 12.2 Å². The van der Waals surface area contributed by atoms with Crippen LogP contribution in [0, 0.1) is 0 Å². The van der Waals surface area contributed by atoms with Gasteiger partial charge in [-0.05, 0) is 24.1 Å². The zero-order chi connectivity index (χ0) is 15.0. The first-order chi connectivity index (χ1) is 9.52. The van der Waals surface area contributed by atoms with Crippen LogP contribution in [0.5, 0.6) is 0 Å².